The van der Waals surface area contributed by atoms with E-state index < -0.39 is 0 Å². The first-order valence-corrected chi connectivity index (χ1v) is 7.78. The number of alkyl halides is 1. The van der Waals surface area contributed by atoms with Crippen molar-refractivity contribution >= 4 is 50.8 Å². The van der Waals surface area contributed by atoms with Crippen molar-refractivity contribution in [2.75, 3.05) is 30.4 Å². The van der Waals surface area contributed by atoms with Gasteiger partial charge < -0.3 is 9.64 Å². The molecule has 0 fully saturated rings. The summed E-state index contributed by atoms with van der Waals surface area (Å²) in [4.78, 5) is 13.2. The van der Waals surface area contributed by atoms with Crippen molar-refractivity contribution in [3.63, 3.8) is 0 Å². The van der Waals surface area contributed by atoms with Gasteiger partial charge in [-0.25, -0.2) is 0 Å². The third-order valence-corrected chi connectivity index (χ3v) is 3.49. The first kappa shape index (κ1) is 16.6. The van der Waals surface area contributed by atoms with Crippen LogP contribution in [-0.4, -0.2) is 31.5 Å². The Kier molecular flexibility index (Phi) is 6.97. The van der Waals surface area contributed by atoms with Crippen LogP contribution in [0.3, 0.4) is 0 Å². The predicted octanol–water partition coefficient (Wildman–Crippen LogP) is 3.93. The summed E-state index contributed by atoms with van der Waals surface area (Å²) < 4.78 is 4.90. The van der Waals surface area contributed by atoms with Gasteiger partial charge in [0.2, 0.25) is 0 Å². The zero-order chi connectivity index (χ0) is 14.4. The van der Waals surface area contributed by atoms with Gasteiger partial charge in [0.1, 0.15) is 6.54 Å². The molecular formula is C13H16BrCl2NO2. The van der Waals surface area contributed by atoms with Crippen LogP contribution in [0.25, 0.3) is 0 Å². The van der Waals surface area contributed by atoms with E-state index in [4.69, 9.17) is 27.9 Å². The molecular weight excluding hydrogens is 353 g/mol. The van der Waals surface area contributed by atoms with E-state index in [1.807, 2.05) is 12.1 Å². The molecule has 0 radical (unpaired) electrons. The Balaban J connectivity index is 2.90. The van der Waals surface area contributed by atoms with Gasteiger partial charge in [-0.3, -0.25) is 4.79 Å². The molecule has 19 heavy (non-hydrogen) atoms. The summed E-state index contributed by atoms with van der Waals surface area (Å²) in [5.74, 6) is -0.304. The largest absolute Gasteiger partial charge is 0.465 e. The van der Waals surface area contributed by atoms with Crippen LogP contribution in [0, 0.1) is 0 Å². The number of carbonyl (C=O) groups is 1. The first-order valence-electron chi connectivity index (χ1n) is 5.90. The van der Waals surface area contributed by atoms with E-state index in [0.717, 1.165) is 17.3 Å². The van der Waals surface area contributed by atoms with Gasteiger partial charge in [0.15, 0.2) is 0 Å². The Morgan fingerprint density at radius 1 is 1.37 bits per heavy atom. The van der Waals surface area contributed by atoms with Gasteiger partial charge in [-0.05, 0) is 31.0 Å². The topological polar surface area (TPSA) is 29.5 Å². The van der Waals surface area contributed by atoms with E-state index in [0.29, 0.717) is 22.3 Å². The standard InChI is InChI=1S/C13H16BrCl2NO2/c1-3-19-12(18)8-17(2)13-10(15)6-9(4-5-14)7-11(13)16/h6-7H,3-5,8H2,1-2H3. The lowest BCUT2D eigenvalue weighted by Gasteiger charge is -2.21. The molecule has 0 atom stereocenters. The lowest BCUT2D eigenvalue weighted by Crippen LogP contribution is -2.27. The van der Waals surface area contributed by atoms with E-state index in [1.54, 1.807) is 18.9 Å². The second-order valence-electron chi connectivity index (χ2n) is 4.01. The van der Waals surface area contributed by atoms with E-state index in [1.165, 1.54) is 0 Å². The summed E-state index contributed by atoms with van der Waals surface area (Å²) in [6, 6.07) is 3.73. The predicted molar refractivity (Wildman–Crippen MR) is 83.9 cm³/mol. The molecule has 1 rings (SSSR count). The molecule has 1 aromatic rings. The molecule has 0 amide bonds. The van der Waals surface area contributed by atoms with Crippen LogP contribution in [0.5, 0.6) is 0 Å². The Labute approximate surface area is 131 Å². The number of likely N-dealkylation sites (N-methyl/N-ethyl adjacent to an activating group) is 1. The molecule has 6 heteroatoms. The highest BCUT2D eigenvalue weighted by Gasteiger charge is 2.15. The normalized spacial score (nSPS) is 10.4. The van der Waals surface area contributed by atoms with Crippen molar-refractivity contribution in [3.8, 4) is 0 Å². The number of carbonyl (C=O) groups excluding carboxylic acids is 1. The number of anilines is 1. The van der Waals surface area contributed by atoms with Gasteiger partial charge in [-0.15, -0.1) is 0 Å². The number of esters is 1. The number of hydrogen-bond donors (Lipinski definition) is 0. The number of rotatable bonds is 6. The average molecular weight is 369 g/mol. The first-order chi connectivity index (χ1) is 8.99. The number of ether oxygens (including phenoxy) is 1. The minimum atomic E-state index is -0.304. The molecule has 0 unspecified atom stereocenters. The van der Waals surface area contributed by atoms with Crippen LogP contribution in [0.4, 0.5) is 5.69 Å². The lowest BCUT2D eigenvalue weighted by atomic mass is 10.1. The fourth-order valence-corrected chi connectivity index (χ4v) is 2.99. The maximum Gasteiger partial charge on any atom is 0.325 e. The van der Waals surface area contributed by atoms with Crippen molar-refractivity contribution in [2.45, 2.75) is 13.3 Å². The maximum atomic E-state index is 11.5. The Morgan fingerprint density at radius 3 is 2.42 bits per heavy atom. The summed E-state index contributed by atoms with van der Waals surface area (Å²) in [6.07, 6.45) is 0.849. The minimum absolute atomic E-state index is 0.116. The van der Waals surface area contributed by atoms with Gasteiger partial charge in [-0.2, -0.15) is 0 Å². The van der Waals surface area contributed by atoms with Crippen molar-refractivity contribution in [1.29, 1.82) is 0 Å². The molecule has 0 heterocycles. The van der Waals surface area contributed by atoms with E-state index in [9.17, 15) is 4.79 Å². The molecule has 0 aliphatic carbocycles. The zero-order valence-corrected chi connectivity index (χ0v) is 14.0. The molecule has 0 spiro atoms. The number of hydrogen-bond acceptors (Lipinski definition) is 3. The molecule has 0 aliphatic heterocycles. The summed E-state index contributed by atoms with van der Waals surface area (Å²) in [5, 5.41) is 1.92. The second-order valence-corrected chi connectivity index (χ2v) is 5.62. The van der Waals surface area contributed by atoms with Crippen molar-refractivity contribution in [1.82, 2.24) is 0 Å². The molecule has 1 aromatic carbocycles. The molecule has 0 saturated heterocycles. The SMILES string of the molecule is CCOC(=O)CN(C)c1c(Cl)cc(CCBr)cc1Cl. The van der Waals surface area contributed by atoms with Crippen LogP contribution in [-0.2, 0) is 16.0 Å². The zero-order valence-electron chi connectivity index (χ0n) is 10.9. The molecule has 0 bridgehead atoms. The molecule has 0 saturated carbocycles. The van der Waals surface area contributed by atoms with E-state index in [-0.39, 0.29) is 12.5 Å². The number of benzene rings is 1. The van der Waals surface area contributed by atoms with Gasteiger partial charge in [0.05, 0.1) is 22.3 Å². The second kappa shape index (κ2) is 7.98. The summed E-state index contributed by atoms with van der Waals surface area (Å²) in [6.45, 7) is 2.25. The van der Waals surface area contributed by atoms with Crippen LogP contribution in [0.15, 0.2) is 12.1 Å². The highest BCUT2D eigenvalue weighted by atomic mass is 79.9. The van der Waals surface area contributed by atoms with Gasteiger partial charge in [0, 0.05) is 12.4 Å². The monoisotopic (exact) mass is 367 g/mol. The minimum Gasteiger partial charge on any atom is -0.465 e. The lowest BCUT2D eigenvalue weighted by molar-refractivity contribution is -0.141. The third kappa shape index (κ3) is 4.86. The van der Waals surface area contributed by atoms with Crippen molar-refractivity contribution < 1.29 is 9.53 Å². The summed E-state index contributed by atoms with van der Waals surface area (Å²) in [5.41, 5.74) is 1.70. The van der Waals surface area contributed by atoms with E-state index in [2.05, 4.69) is 15.9 Å². The van der Waals surface area contributed by atoms with Crippen LogP contribution >= 0.6 is 39.1 Å². The fourth-order valence-electron chi connectivity index (χ4n) is 1.72. The van der Waals surface area contributed by atoms with E-state index >= 15 is 0 Å². The number of halogens is 3. The van der Waals surface area contributed by atoms with Crippen LogP contribution < -0.4 is 4.90 Å². The summed E-state index contributed by atoms with van der Waals surface area (Å²) in [7, 11) is 1.76. The van der Waals surface area contributed by atoms with Crippen molar-refractivity contribution in [2.24, 2.45) is 0 Å². The van der Waals surface area contributed by atoms with Crippen LogP contribution in [0.2, 0.25) is 10.0 Å². The average Bonchev–Trinajstić information content (AvgIpc) is 2.28. The summed E-state index contributed by atoms with van der Waals surface area (Å²) >= 11 is 15.8. The Hall–Kier alpha value is -0.450. The van der Waals surface area contributed by atoms with Crippen LogP contribution in [0.1, 0.15) is 12.5 Å². The maximum absolute atomic E-state index is 11.5. The Morgan fingerprint density at radius 2 is 1.95 bits per heavy atom. The quantitative estimate of drug-likeness (QED) is 0.562. The van der Waals surface area contributed by atoms with Crippen molar-refractivity contribution in [3.05, 3.63) is 27.7 Å². The van der Waals surface area contributed by atoms with Gasteiger partial charge >= 0.3 is 5.97 Å². The van der Waals surface area contributed by atoms with Gasteiger partial charge in [-0.1, -0.05) is 39.1 Å². The molecule has 0 N–H and O–H groups in total. The molecule has 3 nitrogen and oxygen atoms in total. The fraction of sp³-hybridized carbons (Fsp3) is 0.462. The third-order valence-electron chi connectivity index (χ3n) is 2.51. The highest BCUT2D eigenvalue weighted by molar-refractivity contribution is 9.09. The number of aryl methyl sites for hydroxylation is 1. The molecule has 106 valence electrons. The Bertz CT molecular complexity index is 431. The number of nitrogens with zero attached hydrogens (tertiary/aromatic N) is 1. The smallest absolute Gasteiger partial charge is 0.325 e. The van der Waals surface area contributed by atoms with Gasteiger partial charge in [0.25, 0.3) is 0 Å². The molecule has 0 aromatic heterocycles. The highest BCUT2D eigenvalue weighted by Crippen LogP contribution is 2.34. The molecule has 0 aliphatic rings.